The summed E-state index contributed by atoms with van der Waals surface area (Å²) in [5.74, 6) is 0.412. The van der Waals surface area contributed by atoms with Gasteiger partial charge in [-0.1, -0.05) is 12.1 Å². The maximum atomic E-state index is 12.4. The van der Waals surface area contributed by atoms with Crippen LogP contribution in [0.1, 0.15) is 24.0 Å². The molecule has 1 aromatic carbocycles. The number of anilines is 1. The van der Waals surface area contributed by atoms with Crippen LogP contribution in [0.2, 0.25) is 0 Å². The lowest BCUT2D eigenvalue weighted by Crippen LogP contribution is -2.37. The van der Waals surface area contributed by atoms with E-state index < -0.39 is 9.84 Å². The number of nitrogens with two attached hydrogens (primary N) is 1. The first kappa shape index (κ1) is 14.4. The van der Waals surface area contributed by atoms with Gasteiger partial charge in [-0.2, -0.15) is 0 Å². The summed E-state index contributed by atoms with van der Waals surface area (Å²) >= 11 is 0. The highest BCUT2D eigenvalue weighted by Crippen LogP contribution is 2.27. The van der Waals surface area contributed by atoms with E-state index >= 15 is 0 Å². The summed E-state index contributed by atoms with van der Waals surface area (Å²) in [6.45, 7) is 1.23. The molecule has 6 heteroatoms. The molecule has 1 unspecified atom stereocenters. The Balaban J connectivity index is 1.66. The molecule has 21 heavy (non-hydrogen) atoms. The third kappa shape index (κ3) is 3.05. The molecular formula is C15H20N2O3S. The molecule has 1 atom stereocenters. The van der Waals surface area contributed by atoms with Crippen LogP contribution < -0.4 is 5.73 Å². The van der Waals surface area contributed by atoms with Gasteiger partial charge in [-0.3, -0.25) is 4.79 Å². The maximum absolute atomic E-state index is 12.4. The topological polar surface area (TPSA) is 80.5 Å². The summed E-state index contributed by atoms with van der Waals surface area (Å²) in [7, 11) is -2.92. The summed E-state index contributed by atoms with van der Waals surface area (Å²) in [5, 5.41) is 0. The summed E-state index contributed by atoms with van der Waals surface area (Å²) in [5.41, 5.74) is 8.96. The largest absolute Gasteiger partial charge is 0.398 e. The first-order valence-corrected chi connectivity index (χ1v) is 9.11. The van der Waals surface area contributed by atoms with Gasteiger partial charge in [0.15, 0.2) is 9.84 Å². The molecule has 1 aromatic rings. The molecule has 0 aliphatic carbocycles. The zero-order valence-electron chi connectivity index (χ0n) is 11.9. The number of amides is 1. The van der Waals surface area contributed by atoms with Gasteiger partial charge in [0.05, 0.1) is 11.5 Å². The fraction of sp³-hybridized carbons (Fsp3) is 0.533. The zero-order chi connectivity index (χ0) is 15.0. The van der Waals surface area contributed by atoms with Crippen molar-refractivity contribution in [3.8, 4) is 0 Å². The fourth-order valence-electron chi connectivity index (χ4n) is 3.23. The normalized spacial score (nSPS) is 23.8. The van der Waals surface area contributed by atoms with E-state index in [0.29, 0.717) is 25.9 Å². The van der Waals surface area contributed by atoms with Crippen molar-refractivity contribution in [2.45, 2.75) is 25.8 Å². The van der Waals surface area contributed by atoms with E-state index in [2.05, 4.69) is 6.07 Å². The van der Waals surface area contributed by atoms with Crippen LogP contribution >= 0.6 is 0 Å². The van der Waals surface area contributed by atoms with Crippen molar-refractivity contribution >= 4 is 21.4 Å². The first-order chi connectivity index (χ1) is 9.94. The second-order valence-electron chi connectivity index (χ2n) is 6.02. The standard InChI is InChI=1S/C15H20N2O3S/c16-14-3-1-2-12-4-6-17(9-13(12)14)15(18)8-11-5-7-21(19,20)10-11/h1-3,11H,4-10,16H2. The van der Waals surface area contributed by atoms with Crippen LogP contribution in [0.4, 0.5) is 5.69 Å². The van der Waals surface area contributed by atoms with E-state index in [1.807, 2.05) is 17.0 Å². The molecule has 1 fully saturated rings. The molecule has 2 aliphatic heterocycles. The van der Waals surface area contributed by atoms with Gasteiger partial charge in [0, 0.05) is 25.2 Å². The number of sulfone groups is 1. The van der Waals surface area contributed by atoms with Gasteiger partial charge in [0.2, 0.25) is 5.91 Å². The maximum Gasteiger partial charge on any atom is 0.223 e. The van der Waals surface area contributed by atoms with Crippen molar-refractivity contribution < 1.29 is 13.2 Å². The van der Waals surface area contributed by atoms with Crippen LogP contribution in [0.3, 0.4) is 0 Å². The predicted molar refractivity (Wildman–Crippen MR) is 81.4 cm³/mol. The minimum atomic E-state index is -2.92. The average Bonchev–Trinajstić information content (AvgIpc) is 2.78. The summed E-state index contributed by atoms with van der Waals surface area (Å²) < 4.78 is 22.9. The first-order valence-electron chi connectivity index (χ1n) is 7.29. The molecule has 2 N–H and O–H groups in total. The van der Waals surface area contributed by atoms with Crippen LogP contribution in [0.25, 0.3) is 0 Å². The number of rotatable bonds is 2. The quantitative estimate of drug-likeness (QED) is 0.826. The minimum absolute atomic E-state index is 0.0167. The molecule has 0 bridgehead atoms. The number of fused-ring (bicyclic) bond motifs is 1. The molecule has 0 radical (unpaired) electrons. The van der Waals surface area contributed by atoms with Crippen molar-refractivity contribution in [3.63, 3.8) is 0 Å². The Bertz CT molecular complexity index is 669. The number of nitrogens with zero attached hydrogens (tertiary/aromatic N) is 1. The Kier molecular flexibility index (Phi) is 3.65. The van der Waals surface area contributed by atoms with E-state index in [1.54, 1.807) is 0 Å². The third-order valence-electron chi connectivity index (χ3n) is 4.45. The van der Waals surface area contributed by atoms with E-state index in [-0.39, 0.29) is 23.3 Å². The van der Waals surface area contributed by atoms with Crippen molar-refractivity contribution in [1.82, 2.24) is 4.90 Å². The SMILES string of the molecule is Nc1cccc2c1CN(C(=O)CC1CCS(=O)(=O)C1)CC2. The Morgan fingerprint density at radius 3 is 2.90 bits per heavy atom. The highest BCUT2D eigenvalue weighted by molar-refractivity contribution is 7.91. The van der Waals surface area contributed by atoms with Gasteiger partial charge in [-0.05, 0) is 36.0 Å². The van der Waals surface area contributed by atoms with E-state index in [4.69, 9.17) is 5.73 Å². The molecule has 114 valence electrons. The van der Waals surface area contributed by atoms with Crippen LogP contribution in [-0.4, -0.2) is 37.3 Å². The van der Waals surface area contributed by atoms with Gasteiger partial charge in [-0.15, -0.1) is 0 Å². The Morgan fingerprint density at radius 1 is 1.38 bits per heavy atom. The number of hydrogen-bond acceptors (Lipinski definition) is 4. The van der Waals surface area contributed by atoms with Gasteiger partial charge in [-0.25, -0.2) is 8.42 Å². The van der Waals surface area contributed by atoms with Crippen molar-refractivity contribution in [3.05, 3.63) is 29.3 Å². The zero-order valence-corrected chi connectivity index (χ0v) is 12.7. The molecule has 2 heterocycles. The van der Waals surface area contributed by atoms with Gasteiger partial charge in [0.25, 0.3) is 0 Å². The van der Waals surface area contributed by atoms with E-state index in [9.17, 15) is 13.2 Å². The number of hydrogen-bond donors (Lipinski definition) is 1. The van der Waals surface area contributed by atoms with E-state index in [1.165, 1.54) is 5.56 Å². The van der Waals surface area contributed by atoms with Crippen molar-refractivity contribution in [1.29, 1.82) is 0 Å². The predicted octanol–water partition coefficient (Wildman–Crippen LogP) is 0.978. The number of carbonyl (C=O) groups is 1. The molecule has 1 saturated heterocycles. The Labute approximate surface area is 125 Å². The number of benzene rings is 1. The smallest absolute Gasteiger partial charge is 0.223 e. The second-order valence-corrected chi connectivity index (χ2v) is 8.25. The fourth-order valence-corrected chi connectivity index (χ4v) is 5.09. The lowest BCUT2D eigenvalue weighted by atomic mass is 9.97. The summed E-state index contributed by atoms with van der Waals surface area (Å²) in [6, 6.07) is 5.85. The van der Waals surface area contributed by atoms with Crippen LogP contribution in [0.15, 0.2) is 18.2 Å². The highest BCUT2D eigenvalue weighted by Gasteiger charge is 2.31. The van der Waals surface area contributed by atoms with Gasteiger partial charge < -0.3 is 10.6 Å². The molecule has 5 nitrogen and oxygen atoms in total. The van der Waals surface area contributed by atoms with Crippen LogP contribution in [0.5, 0.6) is 0 Å². The number of nitrogen functional groups attached to an aromatic ring is 1. The van der Waals surface area contributed by atoms with Gasteiger partial charge >= 0.3 is 0 Å². The number of carbonyl (C=O) groups excluding carboxylic acids is 1. The van der Waals surface area contributed by atoms with Crippen LogP contribution in [0, 0.1) is 5.92 Å². The molecule has 0 spiro atoms. The highest BCUT2D eigenvalue weighted by atomic mass is 32.2. The lowest BCUT2D eigenvalue weighted by molar-refractivity contribution is -0.132. The minimum Gasteiger partial charge on any atom is -0.398 e. The molecule has 1 amide bonds. The molecular weight excluding hydrogens is 288 g/mol. The molecule has 3 rings (SSSR count). The molecule has 0 saturated carbocycles. The third-order valence-corrected chi connectivity index (χ3v) is 6.29. The Hall–Kier alpha value is -1.56. The van der Waals surface area contributed by atoms with Crippen molar-refractivity contribution in [2.24, 2.45) is 5.92 Å². The monoisotopic (exact) mass is 308 g/mol. The van der Waals surface area contributed by atoms with Crippen LogP contribution in [-0.2, 0) is 27.6 Å². The molecule has 2 aliphatic rings. The molecule has 0 aromatic heterocycles. The van der Waals surface area contributed by atoms with Crippen molar-refractivity contribution in [2.75, 3.05) is 23.8 Å². The Morgan fingerprint density at radius 2 is 2.19 bits per heavy atom. The summed E-state index contributed by atoms with van der Waals surface area (Å²) in [4.78, 5) is 14.2. The van der Waals surface area contributed by atoms with Gasteiger partial charge in [0.1, 0.15) is 0 Å². The summed E-state index contributed by atoms with van der Waals surface area (Å²) in [6.07, 6.45) is 1.76. The van der Waals surface area contributed by atoms with E-state index in [0.717, 1.165) is 17.7 Å². The lowest BCUT2D eigenvalue weighted by Gasteiger charge is -2.30. The second kappa shape index (κ2) is 5.33. The average molecular weight is 308 g/mol.